The van der Waals surface area contributed by atoms with Gasteiger partial charge in [0.15, 0.2) is 5.69 Å². The Labute approximate surface area is 197 Å². The van der Waals surface area contributed by atoms with Crippen molar-refractivity contribution >= 4 is 17.6 Å². The van der Waals surface area contributed by atoms with Crippen LogP contribution in [0.5, 0.6) is 0 Å². The largest absolute Gasteiger partial charge is 0.846 e. The summed E-state index contributed by atoms with van der Waals surface area (Å²) in [6.07, 6.45) is -3.42. The van der Waals surface area contributed by atoms with Gasteiger partial charge in [-0.15, -0.1) is 0 Å². The second kappa shape index (κ2) is 9.55. The minimum Gasteiger partial charge on any atom is -0.846 e. The summed E-state index contributed by atoms with van der Waals surface area (Å²) in [4.78, 5) is 18.0. The number of alkyl halides is 6. The molecule has 4 aromatic rings. The van der Waals surface area contributed by atoms with Gasteiger partial charge < -0.3 is 10.4 Å². The van der Waals surface area contributed by atoms with E-state index in [2.05, 4.69) is 35.5 Å². The number of hydrogen-bond donors (Lipinski definition) is 1. The molecule has 4 heterocycles. The van der Waals surface area contributed by atoms with Gasteiger partial charge in [-0.25, -0.2) is 15.0 Å². The number of pyridine rings is 2. The fourth-order valence-electron chi connectivity index (χ4n) is 2.92. The number of aliphatic imine (C=N–C) groups is 1. The Morgan fingerprint density at radius 1 is 1.00 bits per heavy atom. The van der Waals surface area contributed by atoms with Crippen LogP contribution in [0.25, 0.3) is 11.1 Å². The van der Waals surface area contributed by atoms with E-state index in [0.29, 0.717) is 18.0 Å². The molecule has 0 spiro atoms. The number of anilines is 1. The molecule has 1 N–H and O–H groups in total. The van der Waals surface area contributed by atoms with Crippen LogP contribution in [-0.4, -0.2) is 31.2 Å². The first-order valence-corrected chi connectivity index (χ1v) is 9.73. The van der Waals surface area contributed by atoms with E-state index in [4.69, 9.17) is 4.52 Å². The number of aromatic nitrogens is 6. The molecule has 10 nitrogen and oxygen atoms in total. The van der Waals surface area contributed by atoms with Crippen LogP contribution in [0.1, 0.15) is 17.0 Å². The van der Waals surface area contributed by atoms with Gasteiger partial charge in [0.2, 0.25) is 11.8 Å². The number of halogens is 6. The van der Waals surface area contributed by atoms with E-state index in [-0.39, 0.29) is 29.2 Å². The lowest BCUT2D eigenvalue weighted by molar-refractivity contribution is -0.755. The highest BCUT2D eigenvalue weighted by Gasteiger charge is 2.36. The Balaban J connectivity index is 1.44. The van der Waals surface area contributed by atoms with Gasteiger partial charge in [0, 0.05) is 29.7 Å². The summed E-state index contributed by atoms with van der Waals surface area (Å²) in [5, 5.41) is 17.8. The van der Waals surface area contributed by atoms with Gasteiger partial charge in [-0.05, 0) is 16.8 Å². The highest BCUT2D eigenvalue weighted by Crippen LogP contribution is 2.34. The SMILES string of the molecule is [O-]/C(=N\c1c[n+](Cc2ccc(-c3cncnc3C(F)(F)F)cn2)no1)Nc1cncc(C(F)(F)F)c1. The van der Waals surface area contributed by atoms with Crippen molar-refractivity contribution in [2.24, 2.45) is 4.99 Å². The maximum atomic E-state index is 13.2. The van der Waals surface area contributed by atoms with E-state index in [1.165, 1.54) is 29.2 Å². The zero-order chi connectivity index (χ0) is 25.9. The molecule has 0 saturated carbocycles. The molecule has 0 radical (unpaired) electrons. The first-order valence-electron chi connectivity index (χ1n) is 9.73. The molecular formula is C20H12F6N8O2. The Morgan fingerprint density at radius 3 is 2.50 bits per heavy atom. The van der Waals surface area contributed by atoms with Crippen LogP contribution in [0.3, 0.4) is 0 Å². The van der Waals surface area contributed by atoms with E-state index in [1.54, 1.807) is 0 Å². The predicted octanol–water partition coefficient (Wildman–Crippen LogP) is 2.75. The summed E-state index contributed by atoms with van der Waals surface area (Å²) < 4.78 is 83.8. The minimum atomic E-state index is -4.67. The molecule has 0 amide bonds. The lowest BCUT2D eigenvalue weighted by Crippen LogP contribution is -2.35. The summed E-state index contributed by atoms with van der Waals surface area (Å²) in [6, 6.07) is 2.51. The van der Waals surface area contributed by atoms with Gasteiger partial charge in [0.1, 0.15) is 12.0 Å². The summed E-state index contributed by atoms with van der Waals surface area (Å²) in [6.45, 7) is 0.00981. The van der Waals surface area contributed by atoms with Crippen molar-refractivity contribution in [2.75, 3.05) is 5.32 Å². The molecule has 0 aromatic carbocycles. The average Bonchev–Trinajstić information content (AvgIpc) is 3.25. The van der Waals surface area contributed by atoms with Crippen LogP contribution in [0.2, 0.25) is 0 Å². The van der Waals surface area contributed by atoms with Gasteiger partial charge in [-0.1, -0.05) is 6.07 Å². The van der Waals surface area contributed by atoms with Crippen LogP contribution < -0.4 is 15.1 Å². The molecule has 0 saturated heterocycles. The third-order valence-electron chi connectivity index (χ3n) is 4.47. The second-order valence-electron chi connectivity index (χ2n) is 7.06. The van der Waals surface area contributed by atoms with Crippen molar-refractivity contribution < 1.29 is 40.7 Å². The first-order chi connectivity index (χ1) is 17.0. The van der Waals surface area contributed by atoms with Crippen molar-refractivity contribution in [2.45, 2.75) is 18.9 Å². The van der Waals surface area contributed by atoms with Crippen molar-refractivity contribution in [3.63, 3.8) is 0 Å². The fourth-order valence-corrected chi connectivity index (χ4v) is 2.92. The zero-order valence-electron chi connectivity index (χ0n) is 17.6. The minimum absolute atomic E-state index is 0.00981. The maximum Gasteiger partial charge on any atom is 0.434 e. The van der Waals surface area contributed by atoms with Gasteiger partial charge in [-0.2, -0.15) is 26.3 Å². The zero-order valence-corrected chi connectivity index (χ0v) is 17.6. The van der Waals surface area contributed by atoms with Gasteiger partial charge in [-0.3, -0.25) is 14.5 Å². The Hall–Kier alpha value is -4.63. The molecule has 16 heteroatoms. The van der Waals surface area contributed by atoms with Crippen LogP contribution in [0, 0.1) is 0 Å². The third kappa shape index (κ3) is 5.89. The lowest BCUT2D eigenvalue weighted by Gasteiger charge is -2.13. The van der Waals surface area contributed by atoms with Crippen LogP contribution in [-0.2, 0) is 18.9 Å². The molecule has 0 unspecified atom stereocenters. The smallest absolute Gasteiger partial charge is 0.434 e. The lowest BCUT2D eigenvalue weighted by atomic mass is 10.1. The standard InChI is InChI=1S/C20H12F6N8O2/c21-19(22,23)12-3-14(6-27-5-12)31-18(35)32-16-9-34(33-36-16)8-13-2-1-11(4-29-13)15-7-28-10-30-17(15)20(24,25)26/h1-7,9-10H,8H2,(H-,31,32,33,35). The van der Waals surface area contributed by atoms with E-state index in [1.807, 2.05) is 0 Å². The third-order valence-corrected chi connectivity index (χ3v) is 4.47. The molecule has 4 aromatic heterocycles. The summed E-state index contributed by atoms with van der Waals surface area (Å²) in [5.74, 6) is -0.264. The van der Waals surface area contributed by atoms with Crippen molar-refractivity contribution in [3.05, 3.63) is 72.5 Å². The van der Waals surface area contributed by atoms with Gasteiger partial charge in [0.05, 0.1) is 23.5 Å². The molecule has 36 heavy (non-hydrogen) atoms. The molecular weight excluding hydrogens is 498 g/mol. The highest BCUT2D eigenvalue weighted by atomic mass is 19.4. The molecule has 186 valence electrons. The molecule has 0 aliphatic heterocycles. The maximum absolute atomic E-state index is 13.2. The number of nitrogens with zero attached hydrogens (tertiary/aromatic N) is 7. The topological polar surface area (TPSA) is 129 Å². The van der Waals surface area contributed by atoms with Crippen molar-refractivity contribution in [3.8, 4) is 11.1 Å². The van der Waals surface area contributed by atoms with Gasteiger partial charge in [0.25, 0.3) is 6.20 Å². The van der Waals surface area contributed by atoms with Crippen LogP contribution in [0.4, 0.5) is 37.9 Å². The second-order valence-corrected chi connectivity index (χ2v) is 7.06. The van der Waals surface area contributed by atoms with E-state index in [9.17, 15) is 31.4 Å². The molecule has 0 atom stereocenters. The summed E-state index contributed by atoms with van der Waals surface area (Å²) >= 11 is 0. The van der Waals surface area contributed by atoms with Crippen molar-refractivity contribution in [1.29, 1.82) is 0 Å². The van der Waals surface area contributed by atoms with Crippen LogP contribution >= 0.6 is 0 Å². The van der Waals surface area contributed by atoms with E-state index >= 15 is 0 Å². The Kier molecular flexibility index (Phi) is 6.50. The monoisotopic (exact) mass is 510 g/mol. The molecule has 0 aliphatic carbocycles. The highest BCUT2D eigenvalue weighted by molar-refractivity contribution is 5.86. The molecule has 0 fully saturated rings. The fraction of sp³-hybridized carbons (Fsp3) is 0.150. The molecule has 4 rings (SSSR count). The van der Waals surface area contributed by atoms with E-state index < -0.39 is 29.6 Å². The number of nitrogens with one attached hydrogen (secondary N) is 1. The molecule has 0 bridgehead atoms. The summed E-state index contributed by atoms with van der Waals surface area (Å²) in [5.41, 5.74) is -2.08. The Morgan fingerprint density at radius 2 is 1.81 bits per heavy atom. The first kappa shape index (κ1) is 24.5. The number of amidine groups is 1. The Bertz CT molecular complexity index is 1390. The average molecular weight is 510 g/mol. The van der Waals surface area contributed by atoms with E-state index in [0.717, 1.165) is 18.7 Å². The number of rotatable bonds is 5. The van der Waals surface area contributed by atoms with Gasteiger partial charge >= 0.3 is 18.2 Å². The predicted molar refractivity (Wildman–Crippen MR) is 106 cm³/mol. The van der Waals surface area contributed by atoms with Crippen LogP contribution in [0.15, 0.2) is 65.0 Å². The molecule has 0 aliphatic rings. The number of hydrogen-bond acceptors (Lipinski definition) is 8. The normalized spacial score (nSPS) is 12.6. The van der Waals surface area contributed by atoms with Crippen molar-refractivity contribution in [1.82, 2.24) is 25.2 Å². The quantitative estimate of drug-likeness (QED) is 0.188. The summed E-state index contributed by atoms with van der Waals surface area (Å²) in [7, 11) is 0.